The molecule has 3 heteroatoms. The Bertz CT molecular complexity index is 390. The number of aromatic nitrogens is 1. The van der Waals surface area contributed by atoms with Crippen LogP contribution in [0.15, 0.2) is 18.3 Å². The number of ether oxygens (including phenoxy) is 1. The third-order valence-corrected chi connectivity index (χ3v) is 3.46. The van der Waals surface area contributed by atoms with E-state index < -0.39 is 0 Å². The van der Waals surface area contributed by atoms with E-state index in [2.05, 4.69) is 29.8 Å². The van der Waals surface area contributed by atoms with Gasteiger partial charge in [-0.1, -0.05) is 6.07 Å². The molecule has 1 aliphatic rings. The molecule has 0 bridgehead atoms. The minimum Gasteiger partial charge on any atom is -0.475 e. The van der Waals surface area contributed by atoms with Gasteiger partial charge in [-0.15, -0.1) is 0 Å². The molecular weight excluding hydrogens is 224 g/mol. The number of hydrogen-bond donors (Lipinski definition) is 0. The van der Waals surface area contributed by atoms with Gasteiger partial charge in [0.1, 0.15) is 0 Å². The summed E-state index contributed by atoms with van der Waals surface area (Å²) in [5, 5.41) is 0. The number of nitrogens with zero attached hydrogens (tertiary/aromatic N) is 2. The van der Waals surface area contributed by atoms with E-state index >= 15 is 0 Å². The summed E-state index contributed by atoms with van der Waals surface area (Å²) in [6, 6.07) is 5.21. The van der Waals surface area contributed by atoms with E-state index in [1.807, 2.05) is 26.1 Å². The van der Waals surface area contributed by atoms with Crippen molar-refractivity contribution in [1.82, 2.24) is 9.88 Å². The second-order valence-corrected chi connectivity index (χ2v) is 5.55. The predicted molar refractivity (Wildman–Crippen MR) is 73.8 cm³/mol. The third-order valence-electron chi connectivity index (χ3n) is 3.46. The van der Waals surface area contributed by atoms with Gasteiger partial charge in [0.15, 0.2) is 0 Å². The van der Waals surface area contributed by atoms with E-state index in [1.165, 1.54) is 24.9 Å². The van der Waals surface area contributed by atoms with E-state index in [0.29, 0.717) is 12.1 Å². The Morgan fingerprint density at radius 1 is 1.33 bits per heavy atom. The van der Waals surface area contributed by atoms with Gasteiger partial charge in [-0.3, -0.25) is 4.90 Å². The van der Waals surface area contributed by atoms with Gasteiger partial charge >= 0.3 is 0 Å². The topological polar surface area (TPSA) is 25.4 Å². The van der Waals surface area contributed by atoms with Crippen LogP contribution >= 0.6 is 0 Å². The molecule has 100 valence electrons. The molecule has 0 amide bonds. The van der Waals surface area contributed by atoms with Crippen molar-refractivity contribution >= 4 is 0 Å². The summed E-state index contributed by atoms with van der Waals surface area (Å²) >= 11 is 0. The summed E-state index contributed by atoms with van der Waals surface area (Å²) in [4.78, 5) is 6.95. The van der Waals surface area contributed by atoms with Crippen LogP contribution in [-0.4, -0.2) is 28.6 Å². The molecule has 2 rings (SSSR count). The molecule has 1 aliphatic heterocycles. The van der Waals surface area contributed by atoms with Gasteiger partial charge < -0.3 is 4.74 Å². The Hall–Kier alpha value is -1.09. The zero-order valence-corrected chi connectivity index (χ0v) is 11.9. The van der Waals surface area contributed by atoms with Crippen LogP contribution in [0.1, 0.15) is 52.1 Å². The first-order valence-electron chi connectivity index (χ1n) is 6.97. The summed E-state index contributed by atoms with van der Waals surface area (Å²) < 4.78 is 5.85. The Morgan fingerprint density at radius 2 is 2.11 bits per heavy atom. The van der Waals surface area contributed by atoms with E-state index in [1.54, 1.807) is 0 Å². The van der Waals surface area contributed by atoms with Crippen molar-refractivity contribution in [3.8, 4) is 5.88 Å². The Balaban J connectivity index is 2.26. The lowest BCUT2D eigenvalue weighted by atomic mass is 10.1. The highest BCUT2D eigenvalue weighted by Crippen LogP contribution is 2.37. The van der Waals surface area contributed by atoms with E-state index in [9.17, 15) is 0 Å². The number of rotatable bonds is 4. The second-order valence-electron chi connectivity index (χ2n) is 5.55. The highest BCUT2D eigenvalue weighted by atomic mass is 16.5. The lowest BCUT2D eigenvalue weighted by molar-refractivity contribution is 0.188. The van der Waals surface area contributed by atoms with Gasteiger partial charge in [0.05, 0.1) is 6.10 Å². The van der Waals surface area contributed by atoms with Crippen LogP contribution < -0.4 is 4.74 Å². The van der Waals surface area contributed by atoms with Gasteiger partial charge in [0.25, 0.3) is 0 Å². The van der Waals surface area contributed by atoms with Gasteiger partial charge in [-0.2, -0.15) is 0 Å². The number of pyridine rings is 1. The van der Waals surface area contributed by atoms with Crippen LogP contribution in [0.25, 0.3) is 0 Å². The first-order valence-corrected chi connectivity index (χ1v) is 6.97. The van der Waals surface area contributed by atoms with Gasteiger partial charge in [0.2, 0.25) is 5.88 Å². The predicted octanol–water partition coefficient (Wildman–Crippen LogP) is 3.41. The number of hydrogen-bond acceptors (Lipinski definition) is 3. The molecule has 0 N–H and O–H groups in total. The average molecular weight is 248 g/mol. The number of likely N-dealkylation sites (tertiary alicyclic amines) is 1. The molecular formula is C15H24N2O. The Labute approximate surface area is 110 Å². The molecule has 1 saturated heterocycles. The summed E-state index contributed by atoms with van der Waals surface area (Å²) in [6.07, 6.45) is 4.46. The molecule has 3 nitrogen and oxygen atoms in total. The van der Waals surface area contributed by atoms with Gasteiger partial charge in [-0.05, 0) is 53.1 Å². The molecule has 0 aromatic carbocycles. The zero-order valence-electron chi connectivity index (χ0n) is 11.9. The maximum absolute atomic E-state index is 5.85. The largest absolute Gasteiger partial charge is 0.475 e. The highest BCUT2D eigenvalue weighted by Gasteiger charge is 2.30. The monoisotopic (exact) mass is 248 g/mol. The summed E-state index contributed by atoms with van der Waals surface area (Å²) in [6.45, 7) is 9.80. The summed E-state index contributed by atoms with van der Waals surface area (Å²) in [5.74, 6) is 0.810. The smallest absolute Gasteiger partial charge is 0.218 e. The minimum atomic E-state index is 0.174. The first-order chi connectivity index (χ1) is 8.59. The molecule has 0 aliphatic carbocycles. The molecule has 0 saturated carbocycles. The summed E-state index contributed by atoms with van der Waals surface area (Å²) in [5.41, 5.74) is 1.25. The SMILES string of the molecule is CC(C)Oc1ncccc1C1CCCN1C(C)C. The van der Waals surface area contributed by atoms with Crippen LogP contribution in [0, 0.1) is 0 Å². The summed E-state index contributed by atoms with van der Waals surface area (Å²) in [7, 11) is 0. The maximum atomic E-state index is 5.85. The average Bonchev–Trinajstić information content (AvgIpc) is 2.77. The fourth-order valence-corrected chi connectivity index (χ4v) is 2.72. The van der Waals surface area contributed by atoms with Crippen molar-refractivity contribution in [2.24, 2.45) is 0 Å². The highest BCUT2D eigenvalue weighted by molar-refractivity contribution is 5.30. The third kappa shape index (κ3) is 2.83. The molecule has 2 heterocycles. The van der Waals surface area contributed by atoms with Crippen molar-refractivity contribution in [1.29, 1.82) is 0 Å². The Morgan fingerprint density at radius 3 is 2.78 bits per heavy atom. The van der Waals surface area contributed by atoms with Crippen LogP contribution in [0.5, 0.6) is 5.88 Å². The molecule has 0 radical (unpaired) electrons. The molecule has 1 aromatic heterocycles. The maximum Gasteiger partial charge on any atom is 0.218 e. The van der Waals surface area contributed by atoms with Crippen molar-refractivity contribution in [2.45, 2.75) is 58.7 Å². The van der Waals surface area contributed by atoms with Gasteiger partial charge in [0, 0.05) is 23.8 Å². The van der Waals surface area contributed by atoms with Crippen LogP contribution in [0.2, 0.25) is 0 Å². The van der Waals surface area contributed by atoms with Crippen molar-refractivity contribution in [3.63, 3.8) is 0 Å². The molecule has 0 spiro atoms. The van der Waals surface area contributed by atoms with E-state index in [0.717, 1.165) is 5.88 Å². The van der Waals surface area contributed by atoms with Crippen LogP contribution in [0.4, 0.5) is 0 Å². The van der Waals surface area contributed by atoms with Gasteiger partial charge in [-0.25, -0.2) is 4.98 Å². The standard InChI is InChI=1S/C15H24N2O/c1-11(2)17-10-6-8-14(17)13-7-5-9-16-15(13)18-12(3)4/h5,7,9,11-12,14H,6,8,10H2,1-4H3. The fraction of sp³-hybridized carbons (Fsp3) is 0.667. The molecule has 1 aromatic rings. The normalized spacial score (nSPS) is 20.9. The zero-order chi connectivity index (χ0) is 13.1. The van der Waals surface area contributed by atoms with Crippen LogP contribution in [-0.2, 0) is 0 Å². The van der Waals surface area contributed by atoms with Crippen LogP contribution in [0.3, 0.4) is 0 Å². The minimum absolute atomic E-state index is 0.174. The lowest BCUT2D eigenvalue weighted by Gasteiger charge is -2.29. The fourth-order valence-electron chi connectivity index (χ4n) is 2.72. The van der Waals surface area contributed by atoms with E-state index in [4.69, 9.17) is 4.74 Å². The van der Waals surface area contributed by atoms with Crippen molar-refractivity contribution in [2.75, 3.05) is 6.54 Å². The molecule has 1 unspecified atom stereocenters. The van der Waals surface area contributed by atoms with Crippen molar-refractivity contribution < 1.29 is 4.74 Å². The second kappa shape index (κ2) is 5.70. The molecule has 18 heavy (non-hydrogen) atoms. The molecule has 1 fully saturated rings. The Kier molecular flexibility index (Phi) is 4.23. The first kappa shape index (κ1) is 13.3. The van der Waals surface area contributed by atoms with Crippen molar-refractivity contribution in [3.05, 3.63) is 23.9 Å². The molecule has 1 atom stereocenters. The van der Waals surface area contributed by atoms with E-state index in [-0.39, 0.29) is 6.10 Å². The quantitative estimate of drug-likeness (QED) is 0.816. The lowest BCUT2D eigenvalue weighted by Crippen LogP contribution is -2.30.